The Balaban J connectivity index is 3.47. The third-order valence-electron chi connectivity index (χ3n) is 1.18. The Kier molecular flexibility index (Phi) is 8.78. The average molecular weight is 230 g/mol. The summed E-state index contributed by atoms with van der Waals surface area (Å²) >= 11 is 2.48. The van der Waals surface area contributed by atoms with Gasteiger partial charge in [0, 0.05) is 11.5 Å². The smallest absolute Gasteiger partial charge is 0.211 e. The Labute approximate surface area is 93.2 Å². The Hall–Kier alpha value is -0.480. The van der Waals surface area contributed by atoms with Crippen molar-refractivity contribution in [1.29, 1.82) is 0 Å². The molecule has 0 aliphatic rings. The predicted molar refractivity (Wildman–Crippen MR) is 64.6 cm³/mol. The van der Waals surface area contributed by atoms with Crippen molar-refractivity contribution < 1.29 is 9.59 Å². The molecule has 4 heteroatoms. The molecule has 0 saturated heterocycles. The Morgan fingerprint density at radius 2 is 1.29 bits per heavy atom. The van der Waals surface area contributed by atoms with Gasteiger partial charge in [-0.25, -0.2) is 0 Å². The van der Waals surface area contributed by atoms with Crippen molar-refractivity contribution >= 4 is 33.8 Å². The van der Waals surface area contributed by atoms with Crippen molar-refractivity contribution in [3.63, 3.8) is 0 Å². The van der Waals surface area contributed by atoms with Crippen LogP contribution in [0.2, 0.25) is 0 Å². The van der Waals surface area contributed by atoms with Gasteiger partial charge in [0.15, 0.2) is 0 Å². The minimum Gasteiger partial charge on any atom is -0.282 e. The summed E-state index contributed by atoms with van der Waals surface area (Å²) in [6.45, 7) is 3.62. The van der Waals surface area contributed by atoms with Gasteiger partial charge in [0.2, 0.25) is 10.2 Å². The highest BCUT2D eigenvalue weighted by atomic mass is 32.2. The monoisotopic (exact) mass is 230 g/mol. The zero-order valence-electron chi connectivity index (χ0n) is 8.36. The lowest BCUT2D eigenvalue weighted by atomic mass is 10.6. The summed E-state index contributed by atoms with van der Waals surface area (Å²) in [6.07, 6.45) is 6.49. The summed E-state index contributed by atoms with van der Waals surface area (Å²) in [4.78, 5) is 22.0. The van der Waals surface area contributed by atoms with Crippen LogP contribution in [0.4, 0.5) is 0 Å². The molecule has 78 valence electrons. The summed E-state index contributed by atoms with van der Waals surface area (Å²) in [7, 11) is 0. The largest absolute Gasteiger partial charge is 0.282 e. The molecule has 0 saturated carbocycles. The first-order valence-electron chi connectivity index (χ1n) is 4.29. The molecule has 2 nitrogen and oxygen atoms in total. The van der Waals surface area contributed by atoms with Crippen LogP contribution in [0.5, 0.6) is 0 Å². The topological polar surface area (TPSA) is 34.1 Å². The van der Waals surface area contributed by atoms with E-state index in [1.54, 1.807) is 12.2 Å². The quantitative estimate of drug-likeness (QED) is 0.537. The molecule has 0 unspecified atom stereocenters. The minimum absolute atomic E-state index is 0.0478. The zero-order valence-corrected chi connectivity index (χ0v) is 9.99. The Morgan fingerprint density at radius 1 is 0.929 bits per heavy atom. The van der Waals surface area contributed by atoms with Gasteiger partial charge in [0.1, 0.15) is 0 Å². The fourth-order valence-electron chi connectivity index (χ4n) is 0.653. The van der Waals surface area contributed by atoms with Crippen molar-refractivity contribution in [3.05, 3.63) is 24.3 Å². The highest BCUT2D eigenvalue weighted by Gasteiger charge is 1.99. The van der Waals surface area contributed by atoms with Crippen molar-refractivity contribution in [2.24, 2.45) is 0 Å². The first-order valence-corrected chi connectivity index (χ1v) is 6.26. The number of carbonyl (C=O) groups is 2. The number of allylic oxidation sites excluding steroid dienone is 2. The highest BCUT2D eigenvalue weighted by molar-refractivity contribution is 8.17. The Morgan fingerprint density at radius 3 is 1.57 bits per heavy atom. The number of hydrogen-bond acceptors (Lipinski definition) is 4. The fraction of sp³-hybridized carbons (Fsp3) is 0.400. The predicted octanol–water partition coefficient (Wildman–Crippen LogP) is 2.66. The molecule has 0 amide bonds. The number of rotatable bonds is 5. The van der Waals surface area contributed by atoms with Gasteiger partial charge >= 0.3 is 0 Å². The fourth-order valence-corrected chi connectivity index (χ4v) is 2.19. The van der Waals surface area contributed by atoms with E-state index in [1.807, 2.05) is 13.8 Å². The van der Waals surface area contributed by atoms with E-state index in [4.69, 9.17) is 0 Å². The zero-order chi connectivity index (χ0) is 10.8. The molecule has 0 heterocycles. The van der Waals surface area contributed by atoms with E-state index >= 15 is 0 Å². The third kappa shape index (κ3) is 8.13. The van der Waals surface area contributed by atoms with Crippen LogP contribution in [0, 0.1) is 0 Å². The van der Waals surface area contributed by atoms with Gasteiger partial charge in [0.05, 0.1) is 0 Å². The second-order valence-corrected chi connectivity index (χ2v) is 4.53. The van der Waals surface area contributed by atoms with E-state index < -0.39 is 0 Å². The van der Waals surface area contributed by atoms with Gasteiger partial charge in [-0.2, -0.15) is 0 Å². The maximum atomic E-state index is 11.0. The molecule has 0 N–H and O–H groups in total. The first-order chi connectivity index (χ1) is 6.70. The molecule has 0 aromatic carbocycles. The lowest BCUT2D eigenvalue weighted by Crippen LogP contribution is -1.94. The van der Waals surface area contributed by atoms with Crippen LogP contribution in [0.1, 0.15) is 13.8 Å². The van der Waals surface area contributed by atoms with Crippen molar-refractivity contribution in [2.45, 2.75) is 13.8 Å². The average Bonchev–Trinajstić information content (AvgIpc) is 2.13. The molecule has 0 aromatic rings. The van der Waals surface area contributed by atoms with Crippen LogP contribution in [0.15, 0.2) is 24.3 Å². The van der Waals surface area contributed by atoms with E-state index in [0.29, 0.717) is 11.5 Å². The maximum Gasteiger partial charge on any atom is 0.211 e. The molecular formula is C10H14O2S2. The van der Waals surface area contributed by atoms with E-state index in [-0.39, 0.29) is 10.2 Å². The van der Waals surface area contributed by atoms with Crippen molar-refractivity contribution in [1.82, 2.24) is 0 Å². The second-order valence-electron chi connectivity index (χ2n) is 2.33. The molecule has 0 aliphatic heterocycles. The molecule has 0 aromatic heterocycles. The van der Waals surface area contributed by atoms with Crippen LogP contribution >= 0.6 is 23.5 Å². The van der Waals surface area contributed by atoms with Gasteiger partial charge in [-0.1, -0.05) is 35.7 Å². The van der Waals surface area contributed by atoms with Crippen LogP contribution < -0.4 is 0 Å². The highest BCUT2D eigenvalue weighted by Crippen LogP contribution is 2.09. The number of hydrogen-bond donors (Lipinski definition) is 0. The Bertz CT molecular complexity index is 219. The van der Waals surface area contributed by atoms with Crippen molar-refractivity contribution in [2.75, 3.05) is 11.5 Å². The van der Waals surface area contributed by atoms with Gasteiger partial charge in [-0.3, -0.25) is 9.59 Å². The molecule has 0 atom stereocenters. The van der Waals surface area contributed by atoms with E-state index in [9.17, 15) is 9.59 Å². The normalized spacial score (nSPS) is 11.3. The summed E-state index contributed by atoms with van der Waals surface area (Å²) in [5.74, 6) is 1.36. The van der Waals surface area contributed by atoms with Gasteiger partial charge in [-0.05, 0) is 26.0 Å². The molecular weight excluding hydrogens is 216 g/mol. The summed E-state index contributed by atoms with van der Waals surface area (Å²) < 4.78 is 0. The molecule has 0 bridgehead atoms. The summed E-state index contributed by atoms with van der Waals surface area (Å²) in [6, 6.07) is 0. The van der Waals surface area contributed by atoms with Gasteiger partial charge in [-0.15, -0.1) is 0 Å². The molecule has 0 rings (SSSR count). The molecule has 0 fully saturated rings. The van der Waals surface area contributed by atoms with E-state index in [0.717, 1.165) is 0 Å². The third-order valence-corrected chi connectivity index (χ3v) is 3.09. The van der Waals surface area contributed by atoms with Crippen molar-refractivity contribution in [3.8, 4) is 0 Å². The van der Waals surface area contributed by atoms with Crippen LogP contribution in [0.3, 0.4) is 0 Å². The van der Waals surface area contributed by atoms with E-state index in [2.05, 4.69) is 0 Å². The molecule has 0 aliphatic carbocycles. The van der Waals surface area contributed by atoms with Crippen LogP contribution in [0.25, 0.3) is 0 Å². The van der Waals surface area contributed by atoms with Crippen LogP contribution in [-0.4, -0.2) is 21.7 Å². The number of thioether (sulfide) groups is 2. The minimum atomic E-state index is 0.0478. The second kappa shape index (κ2) is 9.09. The molecule has 14 heavy (non-hydrogen) atoms. The van der Waals surface area contributed by atoms with Gasteiger partial charge < -0.3 is 0 Å². The molecule has 0 radical (unpaired) electrons. The summed E-state index contributed by atoms with van der Waals surface area (Å²) in [5.41, 5.74) is 0. The molecule has 0 spiro atoms. The first kappa shape index (κ1) is 13.5. The van der Waals surface area contributed by atoms with E-state index in [1.165, 1.54) is 35.7 Å². The summed E-state index contributed by atoms with van der Waals surface area (Å²) in [5, 5.41) is 0.0955. The standard InChI is InChI=1S/C10H14O2S2/c1-3-5-9(11)13-7-8-14-10(12)6-4-2/h3-6H,7-8H2,1-2H3. The lowest BCUT2D eigenvalue weighted by molar-refractivity contribution is -0.107. The van der Waals surface area contributed by atoms with Gasteiger partial charge in [0.25, 0.3) is 0 Å². The maximum absolute atomic E-state index is 11.0. The lowest BCUT2D eigenvalue weighted by Gasteiger charge is -1.95. The number of carbonyl (C=O) groups excluding carboxylic acids is 2. The van der Waals surface area contributed by atoms with Crippen LogP contribution in [-0.2, 0) is 9.59 Å². The SMILES string of the molecule is CC=CC(=O)SCCSC(=O)C=CC.